The second-order valence-corrected chi connectivity index (χ2v) is 4.68. The van der Waals surface area contributed by atoms with Crippen molar-refractivity contribution in [3.8, 4) is 0 Å². The number of benzene rings is 1. The molecule has 0 N–H and O–H groups in total. The van der Waals surface area contributed by atoms with Crippen LogP contribution in [-0.2, 0) is 13.0 Å². The van der Waals surface area contributed by atoms with Gasteiger partial charge in [0, 0.05) is 11.6 Å². The highest BCUT2D eigenvalue weighted by Crippen LogP contribution is 2.14. The lowest BCUT2D eigenvalue weighted by atomic mass is 10.2. The number of rotatable bonds is 3. The average Bonchev–Trinajstić information content (AvgIpc) is 2.31. The molecule has 2 heteroatoms. The van der Waals surface area contributed by atoms with Crippen molar-refractivity contribution in [2.75, 3.05) is 0 Å². The van der Waals surface area contributed by atoms with Gasteiger partial charge in [0.05, 0.1) is 4.47 Å². The number of aryl methyl sites for hydroxylation is 1. The van der Waals surface area contributed by atoms with Gasteiger partial charge < -0.3 is 0 Å². The Morgan fingerprint density at radius 3 is 2.50 bits per heavy atom. The number of aromatic nitrogens is 1. The van der Waals surface area contributed by atoms with E-state index in [4.69, 9.17) is 0 Å². The van der Waals surface area contributed by atoms with E-state index in [-0.39, 0.29) is 0 Å². The van der Waals surface area contributed by atoms with Crippen molar-refractivity contribution in [1.82, 2.24) is 0 Å². The van der Waals surface area contributed by atoms with Gasteiger partial charge in [-0.15, -0.1) is 0 Å². The fourth-order valence-corrected chi connectivity index (χ4v) is 2.39. The van der Waals surface area contributed by atoms with E-state index < -0.39 is 0 Å². The summed E-state index contributed by atoms with van der Waals surface area (Å²) in [5.74, 6) is 0. The van der Waals surface area contributed by atoms with Gasteiger partial charge in [-0.2, -0.15) is 4.57 Å². The quantitative estimate of drug-likeness (QED) is 0.757. The van der Waals surface area contributed by atoms with Crippen molar-refractivity contribution in [3.05, 3.63) is 64.4 Å². The van der Waals surface area contributed by atoms with Gasteiger partial charge in [-0.3, -0.25) is 0 Å². The third-order valence-electron chi connectivity index (χ3n) is 2.64. The first-order valence-corrected chi connectivity index (χ1v) is 6.30. The first kappa shape index (κ1) is 11.3. The van der Waals surface area contributed by atoms with Crippen molar-refractivity contribution >= 4 is 15.9 Å². The maximum Gasteiger partial charge on any atom is 0.183 e. The summed E-state index contributed by atoms with van der Waals surface area (Å²) in [6, 6.07) is 12.7. The SMILES string of the molecule is CCc1cc[n+](Cc2ccccc2)cc1Br. The fourth-order valence-electron chi connectivity index (χ4n) is 1.72. The predicted octanol–water partition coefficient (Wildman–Crippen LogP) is 3.35. The van der Waals surface area contributed by atoms with E-state index in [1.165, 1.54) is 15.6 Å². The number of pyridine rings is 1. The van der Waals surface area contributed by atoms with Gasteiger partial charge in [0.25, 0.3) is 0 Å². The lowest BCUT2D eigenvalue weighted by Gasteiger charge is -2.01. The zero-order chi connectivity index (χ0) is 11.4. The molecule has 1 aromatic carbocycles. The summed E-state index contributed by atoms with van der Waals surface area (Å²) in [4.78, 5) is 0. The molecule has 0 aliphatic rings. The number of halogens is 1. The Balaban J connectivity index is 2.20. The molecule has 0 aliphatic heterocycles. The second-order valence-electron chi connectivity index (χ2n) is 3.83. The normalized spacial score (nSPS) is 10.4. The minimum atomic E-state index is 0.920. The molecule has 0 bridgehead atoms. The molecule has 1 aromatic heterocycles. The number of hydrogen-bond donors (Lipinski definition) is 0. The molecule has 1 nitrogen and oxygen atoms in total. The summed E-state index contributed by atoms with van der Waals surface area (Å²) in [7, 11) is 0. The fraction of sp³-hybridized carbons (Fsp3) is 0.214. The lowest BCUT2D eigenvalue weighted by Crippen LogP contribution is -2.33. The summed E-state index contributed by atoms with van der Waals surface area (Å²) < 4.78 is 3.38. The molecule has 16 heavy (non-hydrogen) atoms. The van der Waals surface area contributed by atoms with E-state index in [2.05, 4.69) is 70.1 Å². The number of hydrogen-bond acceptors (Lipinski definition) is 0. The van der Waals surface area contributed by atoms with Crippen LogP contribution in [0.2, 0.25) is 0 Å². The minimum Gasteiger partial charge on any atom is -0.200 e. The van der Waals surface area contributed by atoms with Crippen LogP contribution in [0.25, 0.3) is 0 Å². The van der Waals surface area contributed by atoms with E-state index in [9.17, 15) is 0 Å². The Morgan fingerprint density at radius 1 is 1.12 bits per heavy atom. The molecule has 82 valence electrons. The first-order chi connectivity index (χ1) is 7.79. The van der Waals surface area contributed by atoms with Gasteiger partial charge in [-0.05, 0) is 27.9 Å². The summed E-state index contributed by atoms with van der Waals surface area (Å²) in [6.07, 6.45) is 5.34. The van der Waals surface area contributed by atoms with Crippen molar-refractivity contribution in [2.24, 2.45) is 0 Å². The van der Waals surface area contributed by atoms with Crippen molar-refractivity contribution in [1.29, 1.82) is 0 Å². The highest BCUT2D eigenvalue weighted by Gasteiger charge is 2.06. The van der Waals surface area contributed by atoms with Crippen LogP contribution in [0.15, 0.2) is 53.3 Å². The molecular formula is C14H15BrN+. The van der Waals surface area contributed by atoms with Crippen LogP contribution in [0.5, 0.6) is 0 Å². The molecule has 2 aromatic rings. The van der Waals surface area contributed by atoms with Crippen molar-refractivity contribution < 1.29 is 4.57 Å². The van der Waals surface area contributed by atoms with Gasteiger partial charge in [0.2, 0.25) is 0 Å². The summed E-state index contributed by atoms with van der Waals surface area (Å²) in [5.41, 5.74) is 2.67. The second kappa shape index (κ2) is 5.26. The van der Waals surface area contributed by atoms with E-state index >= 15 is 0 Å². The van der Waals surface area contributed by atoms with Crippen LogP contribution < -0.4 is 4.57 Å². The van der Waals surface area contributed by atoms with Gasteiger partial charge in [-0.1, -0.05) is 37.3 Å². The van der Waals surface area contributed by atoms with Crippen LogP contribution in [-0.4, -0.2) is 0 Å². The van der Waals surface area contributed by atoms with Crippen molar-refractivity contribution in [2.45, 2.75) is 19.9 Å². The minimum absolute atomic E-state index is 0.920. The summed E-state index contributed by atoms with van der Waals surface area (Å²) in [6.45, 7) is 3.09. The Labute approximate surface area is 105 Å². The van der Waals surface area contributed by atoms with E-state index in [1.54, 1.807) is 0 Å². The van der Waals surface area contributed by atoms with Crippen molar-refractivity contribution in [3.63, 3.8) is 0 Å². The van der Waals surface area contributed by atoms with Crippen LogP contribution >= 0.6 is 15.9 Å². The molecule has 2 rings (SSSR count). The summed E-state index contributed by atoms with van der Waals surface area (Å²) >= 11 is 3.60. The molecule has 1 heterocycles. The molecule has 0 radical (unpaired) electrons. The molecule has 0 spiro atoms. The van der Waals surface area contributed by atoms with Crippen LogP contribution in [0.4, 0.5) is 0 Å². The molecule has 0 aliphatic carbocycles. The zero-order valence-corrected chi connectivity index (χ0v) is 10.9. The van der Waals surface area contributed by atoms with Crippen LogP contribution in [0, 0.1) is 0 Å². The Hall–Kier alpha value is -1.15. The Kier molecular flexibility index (Phi) is 3.73. The van der Waals surface area contributed by atoms with Crippen LogP contribution in [0.3, 0.4) is 0 Å². The molecule has 0 fully saturated rings. The van der Waals surface area contributed by atoms with E-state index in [0.29, 0.717) is 0 Å². The zero-order valence-electron chi connectivity index (χ0n) is 9.36. The maximum absolute atomic E-state index is 3.60. The van der Waals surface area contributed by atoms with E-state index in [1.807, 2.05) is 6.07 Å². The van der Waals surface area contributed by atoms with E-state index in [0.717, 1.165) is 13.0 Å². The number of nitrogens with zero attached hydrogens (tertiary/aromatic N) is 1. The molecule has 0 unspecified atom stereocenters. The van der Waals surface area contributed by atoms with Crippen LogP contribution in [0.1, 0.15) is 18.1 Å². The highest BCUT2D eigenvalue weighted by molar-refractivity contribution is 9.10. The smallest absolute Gasteiger partial charge is 0.183 e. The molecule has 0 atom stereocenters. The largest absolute Gasteiger partial charge is 0.200 e. The third kappa shape index (κ3) is 2.70. The molecule has 0 saturated carbocycles. The highest BCUT2D eigenvalue weighted by atomic mass is 79.9. The predicted molar refractivity (Wildman–Crippen MR) is 69.3 cm³/mol. The maximum atomic E-state index is 3.60. The van der Waals surface area contributed by atoms with Gasteiger partial charge >= 0.3 is 0 Å². The van der Waals surface area contributed by atoms with Gasteiger partial charge in [0.1, 0.15) is 0 Å². The first-order valence-electron chi connectivity index (χ1n) is 5.51. The molecular weight excluding hydrogens is 262 g/mol. The summed E-state index contributed by atoms with van der Waals surface area (Å²) in [5, 5.41) is 0. The lowest BCUT2D eigenvalue weighted by molar-refractivity contribution is -0.689. The molecule has 0 amide bonds. The average molecular weight is 277 g/mol. The Bertz CT molecular complexity index is 465. The third-order valence-corrected chi connectivity index (χ3v) is 3.36. The monoisotopic (exact) mass is 276 g/mol. The topological polar surface area (TPSA) is 3.88 Å². The van der Waals surface area contributed by atoms with Gasteiger partial charge in [-0.25, -0.2) is 0 Å². The van der Waals surface area contributed by atoms with Gasteiger partial charge in [0.15, 0.2) is 18.9 Å². The standard InChI is InChI=1S/C14H15BrN/c1-2-13-8-9-16(11-14(13)15)10-12-6-4-3-5-7-12/h3-9,11H,2,10H2,1H3/q+1. The Morgan fingerprint density at radius 2 is 1.88 bits per heavy atom. The molecule has 0 saturated heterocycles.